The Kier molecular flexibility index (Phi) is 5.83. The predicted molar refractivity (Wildman–Crippen MR) is 118 cm³/mol. The maximum absolute atomic E-state index is 14.3. The third-order valence-electron chi connectivity index (χ3n) is 5.43. The van der Waals surface area contributed by atoms with E-state index in [4.69, 9.17) is 11.6 Å². The van der Waals surface area contributed by atoms with Gasteiger partial charge in [-0.15, -0.1) is 0 Å². The summed E-state index contributed by atoms with van der Waals surface area (Å²) < 4.78 is 14.3. The van der Waals surface area contributed by atoms with Crippen molar-refractivity contribution in [3.63, 3.8) is 0 Å². The van der Waals surface area contributed by atoms with Crippen molar-refractivity contribution in [1.29, 1.82) is 5.26 Å². The molecule has 0 radical (unpaired) electrons. The van der Waals surface area contributed by atoms with E-state index >= 15 is 0 Å². The number of rotatable bonds is 4. The number of carbonyl (C=O) groups excluding carboxylic acids is 1. The Morgan fingerprint density at radius 1 is 1.29 bits per heavy atom. The predicted octanol–water partition coefficient (Wildman–Crippen LogP) is 4.21. The van der Waals surface area contributed by atoms with E-state index in [9.17, 15) is 14.4 Å². The van der Waals surface area contributed by atoms with Gasteiger partial charge in [0.05, 0.1) is 24.0 Å². The first kappa shape index (κ1) is 20.8. The molecule has 0 saturated carbocycles. The number of benzene rings is 2. The first-order valence-corrected chi connectivity index (χ1v) is 10.2. The van der Waals surface area contributed by atoms with Crippen LogP contribution < -0.4 is 4.90 Å². The van der Waals surface area contributed by atoms with E-state index in [-0.39, 0.29) is 24.2 Å². The van der Waals surface area contributed by atoms with Crippen LogP contribution in [0.25, 0.3) is 22.0 Å². The highest BCUT2D eigenvalue weighted by molar-refractivity contribution is 6.34. The molecule has 0 N–H and O–H groups in total. The number of hydrogen-bond acceptors (Lipinski definition) is 5. The topological polar surface area (TPSA) is 73.1 Å². The molecular formula is C23H19ClFN5O. The first-order valence-electron chi connectivity index (χ1n) is 9.77. The Bertz CT molecular complexity index is 1210. The summed E-state index contributed by atoms with van der Waals surface area (Å²) in [5.41, 5.74) is 1.59. The summed E-state index contributed by atoms with van der Waals surface area (Å²) in [5, 5.41) is 10.3. The van der Waals surface area contributed by atoms with Crippen LogP contribution in [0, 0.1) is 17.1 Å². The third-order valence-corrected chi connectivity index (χ3v) is 5.75. The molecule has 3 aromatic rings. The highest BCUT2D eigenvalue weighted by Gasteiger charge is 2.30. The SMILES string of the molecule is C=CC(=O)N1CCN(c2ncnc3cc(-c4ccccc4F)c(Cl)cc23)CC1CC#N. The zero-order valence-corrected chi connectivity index (χ0v) is 17.4. The lowest BCUT2D eigenvalue weighted by Gasteiger charge is -2.41. The minimum Gasteiger partial charge on any atom is -0.352 e. The van der Waals surface area contributed by atoms with Crippen molar-refractivity contribution in [1.82, 2.24) is 14.9 Å². The standard InChI is InChI=1S/C23H19ClFN5O/c1-2-22(31)30-10-9-29(13-15(30)7-8-26)23-18-11-19(24)17(12-21(18)27-14-28-23)16-5-3-4-6-20(16)25/h2-6,11-12,14-15H,1,7,9-10,13H2. The maximum Gasteiger partial charge on any atom is 0.246 e. The van der Waals surface area contributed by atoms with Crippen LogP contribution in [0.15, 0.2) is 55.4 Å². The van der Waals surface area contributed by atoms with Crippen LogP contribution in [0.4, 0.5) is 10.2 Å². The van der Waals surface area contributed by atoms with Gasteiger partial charge < -0.3 is 9.80 Å². The fraction of sp³-hybridized carbons (Fsp3) is 0.217. The molecule has 1 amide bonds. The number of nitrogens with zero attached hydrogens (tertiary/aromatic N) is 5. The monoisotopic (exact) mass is 435 g/mol. The van der Waals surface area contributed by atoms with E-state index in [1.54, 1.807) is 35.2 Å². The molecule has 1 aliphatic heterocycles. The van der Waals surface area contributed by atoms with Crippen LogP contribution in [-0.4, -0.2) is 46.5 Å². The summed E-state index contributed by atoms with van der Waals surface area (Å²) in [7, 11) is 0. The molecule has 2 heterocycles. The van der Waals surface area contributed by atoms with Crippen molar-refractivity contribution in [3.8, 4) is 17.2 Å². The molecule has 31 heavy (non-hydrogen) atoms. The number of amides is 1. The normalized spacial score (nSPS) is 16.2. The molecule has 0 aliphatic carbocycles. The summed E-state index contributed by atoms with van der Waals surface area (Å²) in [4.78, 5) is 24.7. The Hall–Kier alpha value is -3.50. The molecule has 1 unspecified atom stereocenters. The molecule has 1 aliphatic rings. The molecule has 1 saturated heterocycles. The fourth-order valence-corrected chi connectivity index (χ4v) is 4.20. The van der Waals surface area contributed by atoms with Gasteiger partial charge in [0.15, 0.2) is 0 Å². The molecular weight excluding hydrogens is 417 g/mol. The van der Waals surface area contributed by atoms with Gasteiger partial charge in [-0.1, -0.05) is 36.4 Å². The molecule has 4 rings (SSSR count). The Balaban J connectivity index is 1.73. The van der Waals surface area contributed by atoms with Gasteiger partial charge in [0.2, 0.25) is 5.91 Å². The Morgan fingerprint density at radius 2 is 2.10 bits per heavy atom. The zero-order valence-electron chi connectivity index (χ0n) is 16.6. The average Bonchev–Trinajstić information content (AvgIpc) is 2.78. The molecule has 1 fully saturated rings. The smallest absolute Gasteiger partial charge is 0.246 e. The van der Waals surface area contributed by atoms with Crippen LogP contribution in [0.1, 0.15) is 6.42 Å². The van der Waals surface area contributed by atoms with Crippen LogP contribution in [0.3, 0.4) is 0 Å². The van der Waals surface area contributed by atoms with E-state index < -0.39 is 0 Å². The molecule has 6 nitrogen and oxygen atoms in total. The van der Waals surface area contributed by atoms with E-state index in [0.29, 0.717) is 47.1 Å². The van der Waals surface area contributed by atoms with Gasteiger partial charge in [-0.05, 0) is 24.3 Å². The van der Waals surface area contributed by atoms with Crippen molar-refractivity contribution in [2.45, 2.75) is 12.5 Å². The summed E-state index contributed by atoms with van der Waals surface area (Å²) in [6.07, 6.45) is 2.93. The minimum atomic E-state index is -0.361. The number of fused-ring (bicyclic) bond motifs is 1. The molecule has 156 valence electrons. The molecule has 0 bridgehead atoms. The number of piperazine rings is 1. The van der Waals surface area contributed by atoms with Crippen LogP contribution in [0.2, 0.25) is 5.02 Å². The second-order valence-corrected chi connectivity index (χ2v) is 7.63. The Labute approximate surface area is 184 Å². The van der Waals surface area contributed by atoms with Crippen molar-refractivity contribution in [2.24, 2.45) is 0 Å². The highest BCUT2D eigenvalue weighted by Crippen LogP contribution is 2.36. The lowest BCUT2D eigenvalue weighted by Crippen LogP contribution is -2.55. The number of carbonyl (C=O) groups is 1. The van der Waals surface area contributed by atoms with Gasteiger partial charge in [-0.3, -0.25) is 4.79 Å². The molecule has 8 heteroatoms. The number of hydrogen-bond donors (Lipinski definition) is 0. The summed E-state index contributed by atoms with van der Waals surface area (Å²) in [5.74, 6) is 0.117. The molecule has 1 aromatic heterocycles. The van der Waals surface area contributed by atoms with Crippen molar-refractivity contribution < 1.29 is 9.18 Å². The Morgan fingerprint density at radius 3 is 2.84 bits per heavy atom. The summed E-state index contributed by atoms with van der Waals surface area (Å²) in [6, 6.07) is 11.8. The second-order valence-electron chi connectivity index (χ2n) is 7.22. The second kappa shape index (κ2) is 8.70. The fourth-order valence-electron chi connectivity index (χ4n) is 3.94. The average molecular weight is 436 g/mol. The summed E-state index contributed by atoms with van der Waals surface area (Å²) in [6.45, 7) is 4.99. The van der Waals surface area contributed by atoms with E-state index in [1.165, 1.54) is 18.5 Å². The number of anilines is 1. The summed E-state index contributed by atoms with van der Waals surface area (Å²) >= 11 is 6.53. The van der Waals surface area contributed by atoms with Gasteiger partial charge in [0, 0.05) is 41.2 Å². The van der Waals surface area contributed by atoms with E-state index in [1.807, 2.05) is 4.90 Å². The molecule has 0 spiro atoms. The molecule has 2 aromatic carbocycles. The van der Waals surface area contributed by atoms with Crippen LogP contribution >= 0.6 is 11.6 Å². The van der Waals surface area contributed by atoms with Gasteiger partial charge in [0.1, 0.15) is 18.0 Å². The quantitative estimate of drug-likeness (QED) is 0.574. The maximum atomic E-state index is 14.3. The van der Waals surface area contributed by atoms with Crippen molar-refractivity contribution in [3.05, 3.63) is 66.2 Å². The molecule has 1 atom stereocenters. The van der Waals surface area contributed by atoms with Crippen molar-refractivity contribution >= 4 is 34.2 Å². The lowest BCUT2D eigenvalue weighted by atomic mass is 10.0. The van der Waals surface area contributed by atoms with Gasteiger partial charge in [0.25, 0.3) is 0 Å². The third kappa shape index (κ3) is 3.94. The number of halogens is 2. The van der Waals surface area contributed by atoms with E-state index in [2.05, 4.69) is 22.6 Å². The number of nitriles is 1. The van der Waals surface area contributed by atoms with Crippen molar-refractivity contribution in [2.75, 3.05) is 24.5 Å². The largest absolute Gasteiger partial charge is 0.352 e. The first-order chi connectivity index (χ1) is 15.0. The minimum absolute atomic E-state index is 0.190. The van der Waals surface area contributed by atoms with E-state index in [0.717, 1.165) is 5.39 Å². The zero-order chi connectivity index (χ0) is 22.0. The van der Waals surface area contributed by atoms with Gasteiger partial charge in [-0.25, -0.2) is 14.4 Å². The van der Waals surface area contributed by atoms with Gasteiger partial charge in [-0.2, -0.15) is 5.26 Å². The highest BCUT2D eigenvalue weighted by atomic mass is 35.5. The lowest BCUT2D eigenvalue weighted by molar-refractivity contribution is -0.128. The van der Waals surface area contributed by atoms with Crippen LogP contribution in [-0.2, 0) is 4.79 Å². The van der Waals surface area contributed by atoms with Crippen LogP contribution in [0.5, 0.6) is 0 Å². The number of aromatic nitrogens is 2. The van der Waals surface area contributed by atoms with Gasteiger partial charge >= 0.3 is 0 Å².